The van der Waals surface area contributed by atoms with Crippen LogP contribution in [0, 0.1) is 17.8 Å². The molecule has 3 fully saturated rings. The smallest absolute Gasteiger partial charge is 0.313 e. The minimum Gasteiger partial charge on any atom is -0.465 e. The maximum absolute atomic E-state index is 14.3. The van der Waals surface area contributed by atoms with E-state index in [0.29, 0.717) is 39.3 Å². The first kappa shape index (κ1) is 26.3. The molecular formula is C27H39N3O7. The minimum absolute atomic E-state index is 0.109. The summed E-state index contributed by atoms with van der Waals surface area (Å²) in [6.07, 6.45) is 8.05. The van der Waals surface area contributed by atoms with Gasteiger partial charge in [0, 0.05) is 32.7 Å². The Balaban J connectivity index is 1.55. The fourth-order valence-electron chi connectivity index (χ4n) is 6.74. The number of rotatable bonds is 6. The van der Waals surface area contributed by atoms with Crippen molar-refractivity contribution >= 4 is 17.8 Å². The molecule has 0 aromatic rings. The number of carbonyl (C=O) groups is 3. The molecule has 0 aromatic carbocycles. The van der Waals surface area contributed by atoms with E-state index in [4.69, 9.17) is 14.2 Å². The van der Waals surface area contributed by atoms with E-state index in [0.717, 1.165) is 13.1 Å². The highest BCUT2D eigenvalue weighted by molar-refractivity contribution is 5.99. The number of cyclic esters (lactones) is 1. The van der Waals surface area contributed by atoms with Gasteiger partial charge in [0.25, 0.3) is 0 Å². The molecule has 5 heterocycles. The Labute approximate surface area is 218 Å². The van der Waals surface area contributed by atoms with Gasteiger partial charge in [-0.1, -0.05) is 38.2 Å². The number of likely N-dealkylation sites (tertiary alicyclic amines) is 1. The van der Waals surface area contributed by atoms with Gasteiger partial charge in [-0.15, -0.1) is 0 Å². The van der Waals surface area contributed by atoms with Crippen LogP contribution < -0.4 is 0 Å². The molecule has 1 N–H and O–H groups in total. The lowest BCUT2D eigenvalue weighted by Crippen LogP contribution is -2.60. The van der Waals surface area contributed by atoms with Gasteiger partial charge in [-0.3, -0.25) is 19.3 Å². The van der Waals surface area contributed by atoms with Gasteiger partial charge in [-0.05, 0) is 19.3 Å². The molecule has 204 valence electrons. The van der Waals surface area contributed by atoms with E-state index in [-0.39, 0.29) is 30.9 Å². The number of aliphatic hydroxyl groups excluding tert-OH is 1. The van der Waals surface area contributed by atoms with Crippen LogP contribution in [-0.4, -0.2) is 120 Å². The van der Waals surface area contributed by atoms with Gasteiger partial charge >= 0.3 is 5.97 Å². The lowest BCUT2D eigenvalue weighted by molar-refractivity contribution is -0.162. The van der Waals surface area contributed by atoms with Crippen LogP contribution in [0.25, 0.3) is 0 Å². The summed E-state index contributed by atoms with van der Waals surface area (Å²) in [5, 5.41) is 10.3. The van der Waals surface area contributed by atoms with Gasteiger partial charge in [-0.25, -0.2) is 0 Å². The number of hydrogen-bond donors (Lipinski definition) is 1. The summed E-state index contributed by atoms with van der Waals surface area (Å²) >= 11 is 0. The number of aliphatic hydroxyl groups is 1. The molecule has 0 saturated carbocycles. The van der Waals surface area contributed by atoms with Crippen molar-refractivity contribution in [3.05, 3.63) is 24.3 Å². The third kappa shape index (κ3) is 4.31. The molecule has 0 radical (unpaired) electrons. The standard InChI is InChI=1S/C27H39N3O7/c1-18(2)19(17-31)30-22-24(33)29(11-10-28-12-15-35-16-13-28)9-6-8-27(22)20(23(30)32)21-25(34)36-14-5-4-7-26(21,3)37-27/h4,6-8,18-22,31H,5,9-17H2,1-3H3/t19-,20-,21-,22?,26+,27-/m0/s1. The SMILES string of the molecule is CC(C)[C@H](CO)N1C(=O)[C@@H]2[C@H]3C(=O)OCCC=C[C@@]3(C)O[C@@]23C=CCN(CCN2CCOCC2)C(=O)C13. The second-order valence-electron chi connectivity index (χ2n) is 11.2. The Bertz CT molecular complexity index is 977. The lowest BCUT2D eigenvalue weighted by atomic mass is 9.74. The first-order valence-electron chi connectivity index (χ1n) is 13.5. The Kier molecular flexibility index (Phi) is 7.21. The maximum Gasteiger partial charge on any atom is 0.313 e. The van der Waals surface area contributed by atoms with Crippen molar-refractivity contribution in [2.75, 3.05) is 59.2 Å². The molecule has 37 heavy (non-hydrogen) atoms. The molecule has 0 aliphatic carbocycles. The van der Waals surface area contributed by atoms with E-state index in [2.05, 4.69) is 4.90 Å². The Morgan fingerprint density at radius 3 is 2.49 bits per heavy atom. The Morgan fingerprint density at radius 2 is 1.78 bits per heavy atom. The predicted octanol–water partition coefficient (Wildman–Crippen LogP) is 0.208. The number of carbonyl (C=O) groups excluding carboxylic acids is 3. The molecule has 10 nitrogen and oxygen atoms in total. The maximum atomic E-state index is 14.3. The fraction of sp³-hybridized carbons (Fsp3) is 0.741. The van der Waals surface area contributed by atoms with E-state index in [1.165, 1.54) is 4.90 Å². The van der Waals surface area contributed by atoms with Gasteiger partial charge in [-0.2, -0.15) is 0 Å². The van der Waals surface area contributed by atoms with Crippen molar-refractivity contribution in [1.29, 1.82) is 0 Å². The number of fused-ring (bicyclic) bond motifs is 2. The Morgan fingerprint density at radius 1 is 1.03 bits per heavy atom. The number of nitrogens with zero attached hydrogens (tertiary/aromatic N) is 3. The van der Waals surface area contributed by atoms with Gasteiger partial charge in [0.2, 0.25) is 11.8 Å². The molecule has 0 aromatic heterocycles. The monoisotopic (exact) mass is 517 g/mol. The molecule has 5 aliphatic heterocycles. The summed E-state index contributed by atoms with van der Waals surface area (Å²) in [5.41, 5.74) is -2.43. The van der Waals surface area contributed by atoms with Crippen LogP contribution in [0.3, 0.4) is 0 Å². The van der Waals surface area contributed by atoms with Crippen molar-refractivity contribution in [2.24, 2.45) is 17.8 Å². The lowest BCUT2D eigenvalue weighted by Gasteiger charge is -2.41. The number of amides is 2. The summed E-state index contributed by atoms with van der Waals surface area (Å²) in [6.45, 7) is 10.1. The molecule has 2 amide bonds. The van der Waals surface area contributed by atoms with Crippen LogP contribution in [0.2, 0.25) is 0 Å². The summed E-state index contributed by atoms with van der Waals surface area (Å²) in [6, 6.07) is -1.58. The van der Waals surface area contributed by atoms with Crippen molar-refractivity contribution in [3.8, 4) is 0 Å². The second kappa shape index (κ2) is 10.1. The van der Waals surface area contributed by atoms with Crippen molar-refractivity contribution in [2.45, 2.75) is 50.5 Å². The molecular weight excluding hydrogens is 478 g/mol. The van der Waals surface area contributed by atoms with Gasteiger partial charge in [0.05, 0.1) is 44.0 Å². The highest BCUT2D eigenvalue weighted by atomic mass is 16.6. The van der Waals surface area contributed by atoms with Crippen LogP contribution in [-0.2, 0) is 28.6 Å². The average molecular weight is 518 g/mol. The van der Waals surface area contributed by atoms with Gasteiger partial charge in [0.15, 0.2) is 0 Å². The first-order valence-corrected chi connectivity index (χ1v) is 13.5. The van der Waals surface area contributed by atoms with Crippen molar-refractivity contribution < 1.29 is 33.7 Å². The van der Waals surface area contributed by atoms with Gasteiger partial charge in [0.1, 0.15) is 17.6 Å². The van der Waals surface area contributed by atoms with E-state index in [9.17, 15) is 19.5 Å². The van der Waals surface area contributed by atoms with Gasteiger partial charge < -0.3 is 29.1 Å². The summed E-state index contributed by atoms with van der Waals surface area (Å²) in [5.74, 6) is -2.98. The van der Waals surface area contributed by atoms with Crippen LogP contribution in [0.4, 0.5) is 0 Å². The summed E-state index contributed by atoms with van der Waals surface area (Å²) in [7, 11) is 0. The van der Waals surface area contributed by atoms with E-state index in [1.807, 2.05) is 38.2 Å². The Hall–Kier alpha value is -2.27. The number of morpholine rings is 1. The topological polar surface area (TPSA) is 109 Å². The van der Waals surface area contributed by atoms with Crippen LogP contribution in [0.5, 0.6) is 0 Å². The number of esters is 1. The average Bonchev–Trinajstić information content (AvgIpc) is 3.18. The largest absolute Gasteiger partial charge is 0.465 e. The van der Waals surface area contributed by atoms with E-state index >= 15 is 0 Å². The third-order valence-electron chi connectivity index (χ3n) is 8.64. The summed E-state index contributed by atoms with van der Waals surface area (Å²) in [4.78, 5) is 47.4. The number of hydrogen-bond acceptors (Lipinski definition) is 8. The first-order chi connectivity index (χ1) is 17.7. The van der Waals surface area contributed by atoms with Crippen LogP contribution in [0.1, 0.15) is 27.2 Å². The zero-order valence-corrected chi connectivity index (χ0v) is 22.0. The van der Waals surface area contributed by atoms with Crippen LogP contribution >= 0.6 is 0 Å². The molecule has 1 unspecified atom stereocenters. The van der Waals surface area contributed by atoms with Crippen molar-refractivity contribution in [1.82, 2.24) is 14.7 Å². The molecule has 5 rings (SSSR count). The fourth-order valence-corrected chi connectivity index (χ4v) is 6.74. The zero-order valence-electron chi connectivity index (χ0n) is 22.0. The molecule has 5 aliphatic rings. The van der Waals surface area contributed by atoms with Crippen LogP contribution in [0.15, 0.2) is 24.3 Å². The highest BCUT2D eigenvalue weighted by Crippen LogP contribution is 2.57. The summed E-state index contributed by atoms with van der Waals surface area (Å²) < 4.78 is 17.7. The second-order valence-corrected chi connectivity index (χ2v) is 11.2. The van der Waals surface area contributed by atoms with Crippen molar-refractivity contribution in [3.63, 3.8) is 0 Å². The molecule has 0 bridgehead atoms. The highest BCUT2D eigenvalue weighted by Gasteiger charge is 2.75. The number of ether oxygens (including phenoxy) is 3. The molecule has 3 saturated heterocycles. The van der Waals surface area contributed by atoms with E-state index < -0.39 is 41.1 Å². The molecule has 10 heteroatoms. The predicted molar refractivity (Wildman–Crippen MR) is 133 cm³/mol. The normalized spacial score (nSPS) is 37.1. The quantitative estimate of drug-likeness (QED) is 0.394. The third-order valence-corrected chi connectivity index (χ3v) is 8.64. The van der Waals surface area contributed by atoms with E-state index in [1.54, 1.807) is 11.8 Å². The molecule has 1 spiro atoms. The molecule has 6 atom stereocenters. The zero-order chi connectivity index (χ0) is 26.4. The minimum atomic E-state index is -1.34.